The molecule has 0 saturated carbocycles. The van der Waals surface area contributed by atoms with Gasteiger partial charge in [0.1, 0.15) is 5.82 Å². The Hall–Kier alpha value is -1.46. The number of β-amino-alcohol motifs (C(OH)–C–C–N with tert-alkyl or cyclic N) is 1. The van der Waals surface area contributed by atoms with Crippen LogP contribution in [0.3, 0.4) is 0 Å². The zero-order valence-corrected chi connectivity index (χ0v) is 14.2. The van der Waals surface area contributed by atoms with Crippen molar-refractivity contribution in [1.82, 2.24) is 9.80 Å². The van der Waals surface area contributed by atoms with Crippen LogP contribution < -0.4 is 0 Å². The van der Waals surface area contributed by atoms with Gasteiger partial charge in [0.15, 0.2) is 0 Å². The average molecular weight is 334 g/mol. The minimum absolute atomic E-state index is 0.283. The van der Waals surface area contributed by atoms with Gasteiger partial charge in [-0.1, -0.05) is 12.1 Å². The van der Waals surface area contributed by atoms with Crippen LogP contribution in [0.15, 0.2) is 24.3 Å². The number of rotatable bonds is 5. The molecular weight excluding hydrogens is 307 g/mol. The molecule has 2 heterocycles. The van der Waals surface area contributed by atoms with Crippen molar-refractivity contribution in [2.24, 2.45) is 5.92 Å². The highest BCUT2D eigenvalue weighted by molar-refractivity contribution is 5.76. The van der Waals surface area contributed by atoms with Gasteiger partial charge < -0.3 is 14.9 Å². The van der Waals surface area contributed by atoms with Gasteiger partial charge in [-0.05, 0) is 62.4 Å². The van der Waals surface area contributed by atoms with Gasteiger partial charge in [-0.15, -0.1) is 0 Å². The number of carbonyl (C=O) groups is 1. The van der Waals surface area contributed by atoms with Gasteiger partial charge in [0.2, 0.25) is 5.91 Å². The third-order valence-corrected chi connectivity index (χ3v) is 5.32. The molecule has 0 aromatic heterocycles. The normalized spacial score (nSPS) is 21.2. The Morgan fingerprint density at radius 2 is 1.75 bits per heavy atom. The van der Waals surface area contributed by atoms with Crippen molar-refractivity contribution in [2.45, 2.75) is 38.2 Å². The summed E-state index contributed by atoms with van der Waals surface area (Å²) in [6.45, 7) is 4.26. The minimum Gasteiger partial charge on any atom is -0.387 e. The Morgan fingerprint density at radius 1 is 1.12 bits per heavy atom. The molecule has 3 rings (SSSR count). The second-order valence-electron chi connectivity index (χ2n) is 7.10. The van der Waals surface area contributed by atoms with E-state index in [2.05, 4.69) is 4.90 Å². The van der Waals surface area contributed by atoms with Crippen LogP contribution in [-0.2, 0) is 4.79 Å². The molecule has 0 spiro atoms. The summed E-state index contributed by atoms with van der Waals surface area (Å²) >= 11 is 0. The highest BCUT2D eigenvalue weighted by Gasteiger charge is 2.26. The quantitative estimate of drug-likeness (QED) is 0.900. The summed E-state index contributed by atoms with van der Waals surface area (Å²) in [5, 5.41) is 10.3. The molecule has 0 radical (unpaired) electrons. The fraction of sp³-hybridized carbons (Fsp3) is 0.632. The summed E-state index contributed by atoms with van der Waals surface area (Å²) < 4.78 is 12.9. The molecule has 2 aliphatic rings. The number of halogens is 1. The number of benzene rings is 1. The van der Waals surface area contributed by atoms with Crippen molar-refractivity contribution < 1.29 is 14.3 Å². The molecule has 24 heavy (non-hydrogen) atoms. The van der Waals surface area contributed by atoms with E-state index in [1.54, 1.807) is 12.1 Å². The lowest BCUT2D eigenvalue weighted by atomic mass is 9.92. The van der Waals surface area contributed by atoms with Gasteiger partial charge in [-0.3, -0.25) is 4.79 Å². The lowest BCUT2D eigenvalue weighted by Gasteiger charge is -2.33. The van der Waals surface area contributed by atoms with E-state index in [0.717, 1.165) is 57.4 Å². The van der Waals surface area contributed by atoms with Crippen LogP contribution in [0.4, 0.5) is 4.39 Å². The van der Waals surface area contributed by atoms with E-state index in [1.165, 1.54) is 12.1 Å². The number of amides is 1. The highest BCUT2D eigenvalue weighted by atomic mass is 19.1. The second-order valence-corrected chi connectivity index (χ2v) is 7.10. The molecule has 1 aromatic rings. The number of hydrogen-bond acceptors (Lipinski definition) is 3. The van der Waals surface area contributed by atoms with Crippen molar-refractivity contribution in [2.75, 3.05) is 32.7 Å². The molecule has 132 valence electrons. The van der Waals surface area contributed by atoms with E-state index in [1.807, 2.05) is 4.90 Å². The summed E-state index contributed by atoms with van der Waals surface area (Å²) in [5.41, 5.74) is 0.753. The van der Waals surface area contributed by atoms with Crippen LogP contribution in [-0.4, -0.2) is 53.5 Å². The van der Waals surface area contributed by atoms with E-state index < -0.39 is 6.10 Å². The Morgan fingerprint density at radius 3 is 2.38 bits per heavy atom. The van der Waals surface area contributed by atoms with Crippen molar-refractivity contribution >= 4 is 5.91 Å². The number of hydrogen-bond donors (Lipinski definition) is 1. The molecule has 1 amide bonds. The standard InChI is InChI=1S/C19H27FN2O2/c20-17-5-3-16(4-6-17)18(23)14-21-11-7-15(8-12-21)13-19(24)22-9-1-2-10-22/h3-6,15,18,23H,1-2,7-14H2. The number of carbonyl (C=O) groups excluding carboxylic acids is 1. The molecule has 0 bridgehead atoms. The van der Waals surface area contributed by atoms with Gasteiger partial charge in [0.25, 0.3) is 0 Å². The third kappa shape index (κ3) is 4.54. The van der Waals surface area contributed by atoms with Crippen LogP contribution >= 0.6 is 0 Å². The largest absolute Gasteiger partial charge is 0.387 e. The number of aliphatic hydroxyl groups excluding tert-OH is 1. The first kappa shape index (κ1) is 17.4. The zero-order valence-electron chi connectivity index (χ0n) is 14.2. The van der Waals surface area contributed by atoms with Gasteiger partial charge in [-0.25, -0.2) is 4.39 Å². The smallest absolute Gasteiger partial charge is 0.222 e. The highest BCUT2D eigenvalue weighted by Crippen LogP contribution is 2.24. The predicted octanol–water partition coefficient (Wildman–Crippen LogP) is 2.58. The monoisotopic (exact) mass is 334 g/mol. The topological polar surface area (TPSA) is 43.8 Å². The first-order valence-electron chi connectivity index (χ1n) is 9.05. The number of aliphatic hydroxyl groups is 1. The van der Waals surface area contributed by atoms with Crippen LogP contribution in [0.2, 0.25) is 0 Å². The second kappa shape index (κ2) is 8.08. The predicted molar refractivity (Wildman–Crippen MR) is 91.0 cm³/mol. The molecule has 4 nitrogen and oxygen atoms in total. The van der Waals surface area contributed by atoms with Crippen LogP contribution in [0.5, 0.6) is 0 Å². The first-order chi connectivity index (χ1) is 11.6. The summed E-state index contributed by atoms with van der Waals surface area (Å²) in [7, 11) is 0. The Kier molecular flexibility index (Phi) is 5.85. The van der Waals surface area contributed by atoms with E-state index >= 15 is 0 Å². The molecule has 2 fully saturated rings. The minimum atomic E-state index is -0.589. The fourth-order valence-electron chi connectivity index (χ4n) is 3.75. The molecule has 2 saturated heterocycles. The van der Waals surface area contributed by atoms with Gasteiger partial charge >= 0.3 is 0 Å². The van der Waals surface area contributed by atoms with Gasteiger partial charge in [0, 0.05) is 26.1 Å². The van der Waals surface area contributed by atoms with Crippen LogP contribution in [0.1, 0.15) is 43.8 Å². The number of nitrogens with zero attached hydrogens (tertiary/aromatic N) is 2. The van der Waals surface area contributed by atoms with Crippen molar-refractivity contribution in [3.8, 4) is 0 Å². The third-order valence-electron chi connectivity index (χ3n) is 5.32. The van der Waals surface area contributed by atoms with Crippen molar-refractivity contribution in [3.63, 3.8) is 0 Å². The van der Waals surface area contributed by atoms with Crippen molar-refractivity contribution in [1.29, 1.82) is 0 Å². The molecule has 2 aliphatic heterocycles. The Balaban J connectivity index is 1.41. The summed E-state index contributed by atoms with van der Waals surface area (Å²) in [5.74, 6) is 0.504. The van der Waals surface area contributed by atoms with Gasteiger partial charge in [-0.2, -0.15) is 0 Å². The maximum absolute atomic E-state index is 12.9. The Labute approximate surface area is 143 Å². The SMILES string of the molecule is O=C(CC1CCN(CC(O)c2ccc(F)cc2)CC1)N1CCCC1. The molecule has 1 aromatic carbocycles. The lowest BCUT2D eigenvalue weighted by Crippen LogP contribution is -2.38. The van der Waals surface area contributed by atoms with E-state index in [0.29, 0.717) is 24.8 Å². The van der Waals surface area contributed by atoms with E-state index in [4.69, 9.17) is 0 Å². The molecule has 0 aliphatic carbocycles. The summed E-state index contributed by atoms with van der Waals surface area (Å²) in [4.78, 5) is 16.5. The fourth-order valence-corrected chi connectivity index (χ4v) is 3.75. The van der Waals surface area contributed by atoms with E-state index in [-0.39, 0.29) is 5.82 Å². The maximum atomic E-state index is 12.9. The Bertz CT molecular complexity index is 535. The number of likely N-dealkylation sites (tertiary alicyclic amines) is 2. The van der Waals surface area contributed by atoms with Crippen LogP contribution in [0.25, 0.3) is 0 Å². The lowest BCUT2D eigenvalue weighted by molar-refractivity contribution is -0.131. The zero-order chi connectivity index (χ0) is 16.9. The van der Waals surface area contributed by atoms with Gasteiger partial charge in [0.05, 0.1) is 6.10 Å². The molecule has 1 unspecified atom stereocenters. The van der Waals surface area contributed by atoms with Crippen molar-refractivity contribution in [3.05, 3.63) is 35.6 Å². The first-order valence-corrected chi connectivity index (χ1v) is 9.05. The van der Waals surface area contributed by atoms with E-state index in [9.17, 15) is 14.3 Å². The average Bonchev–Trinajstić information content (AvgIpc) is 3.12. The summed E-state index contributed by atoms with van der Waals surface area (Å²) in [6, 6.07) is 6.05. The number of piperidine rings is 1. The molecule has 1 atom stereocenters. The maximum Gasteiger partial charge on any atom is 0.222 e. The summed E-state index contributed by atoms with van der Waals surface area (Å²) in [6.07, 6.45) is 4.39. The molecular formula is C19H27FN2O2. The molecule has 1 N–H and O–H groups in total. The van der Waals surface area contributed by atoms with Crippen LogP contribution in [0, 0.1) is 11.7 Å². The molecule has 5 heteroatoms.